The minimum Gasteiger partial charge on any atom is -0.444 e. The van der Waals surface area contributed by atoms with Crippen molar-refractivity contribution in [2.24, 2.45) is 0 Å². The van der Waals surface area contributed by atoms with Crippen molar-refractivity contribution in [3.05, 3.63) is 0 Å². The molecule has 0 saturated heterocycles. The predicted molar refractivity (Wildman–Crippen MR) is 59.9 cm³/mol. The SMILES string of the molecule is CN[C@H]1CCCC1NC(=O)OC(C)(C)C. The van der Waals surface area contributed by atoms with E-state index in [1.807, 2.05) is 27.8 Å². The lowest BCUT2D eigenvalue weighted by Gasteiger charge is -2.24. The van der Waals surface area contributed by atoms with Gasteiger partial charge in [0.05, 0.1) is 0 Å². The topological polar surface area (TPSA) is 50.4 Å². The summed E-state index contributed by atoms with van der Waals surface area (Å²) in [5.74, 6) is 0. The normalized spacial score (nSPS) is 26.4. The highest BCUT2D eigenvalue weighted by atomic mass is 16.6. The van der Waals surface area contributed by atoms with Gasteiger partial charge in [-0.25, -0.2) is 4.79 Å². The Bertz CT molecular complexity index is 223. The van der Waals surface area contributed by atoms with E-state index in [4.69, 9.17) is 4.74 Å². The van der Waals surface area contributed by atoms with Crippen molar-refractivity contribution in [3.63, 3.8) is 0 Å². The highest BCUT2D eigenvalue weighted by Crippen LogP contribution is 2.19. The van der Waals surface area contributed by atoms with Crippen molar-refractivity contribution in [3.8, 4) is 0 Å². The molecule has 1 saturated carbocycles. The fourth-order valence-electron chi connectivity index (χ4n) is 1.94. The van der Waals surface area contributed by atoms with Crippen LogP contribution < -0.4 is 10.6 Å². The van der Waals surface area contributed by atoms with Crippen molar-refractivity contribution in [1.29, 1.82) is 0 Å². The molecule has 1 unspecified atom stereocenters. The lowest BCUT2D eigenvalue weighted by molar-refractivity contribution is 0.0499. The molecule has 2 atom stereocenters. The van der Waals surface area contributed by atoms with Crippen molar-refractivity contribution in [1.82, 2.24) is 10.6 Å². The third kappa shape index (κ3) is 4.08. The number of hydrogen-bond donors (Lipinski definition) is 2. The number of ether oxygens (including phenoxy) is 1. The van der Waals surface area contributed by atoms with Crippen LogP contribution in [-0.2, 0) is 4.74 Å². The van der Waals surface area contributed by atoms with Crippen LogP contribution in [0.5, 0.6) is 0 Å². The number of rotatable bonds is 2. The standard InChI is InChI=1S/C11H22N2O2/c1-11(2,3)15-10(14)13-9-7-5-6-8(9)12-4/h8-9,12H,5-7H2,1-4H3,(H,13,14)/t8-,9?/m0/s1. The molecule has 1 rings (SSSR count). The van der Waals surface area contributed by atoms with Crippen LogP contribution in [0.4, 0.5) is 4.79 Å². The number of alkyl carbamates (subject to hydrolysis) is 1. The molecule has 88 valence electrons. The van der Waals surface area contributed by atoms with E-state index in [0.717, 1.165) is 19.3 Å². The quantitative estimate of drug-likeness (QED) is 0.735. The van der Waals surface area contributed by atoms with Gasteiger partial charge in [-0.2, -0.15) is 0 Å². The summed E-state index contributed by atoms with van der Waals surface area (Å²) in [7, 11) is 1.93. The maximum Gasteiger partial charge on any atom is 0.407 e. The Kier molecular flexibility index (Phi) is 3.97. The Hall–Kier alpha value is -0.770. The third-order valence-corrected chi connectivity index (χ3v) is 2.59. The molecule has 0 heterocycles. The molecular weight excluding hydrogens is 192 g/mol. The monoisotopic (exact) mass is 214 g/mol. The van der Waals surface area contributed by atoms with E-state index in [1.54, 1.807) is 0 Å². The smallest absolute Gasteiger partial charge is 0.407 e. The molecule has 1 aliphatic carbocycles. The Morgan fingerprint density at radius 3 is 2.40 bits per heavy atom. The van der Waals surface area contributed by atoms with E-state index in [0.29, 0.717) is 6.04 Å². The minimum atomic E-state index is -0.419. The highest BCUT2D eigenvalue weighted by molar-refractivity contribution is 5.68. The van der Waals surface area contributed by atoms with Crippen LogP contribution in [0.3, 0.4) is 0 Å². The van der Waals surface area contributed by atoms with Gasteiger partial charge in [0.1, 0.15) is 5.60 Å². The van der Waals surface area contributed by atoms with E-state index >= 15 is 0 Å². The van der Waals surface area contributed by atoms with Gasteiger partial charge in [0, 0.05) is 12.1 Å². The summed E-state index contributed by atoms with van der Waals surface area (Å²) in [6.07, 6.45) is 3.00. The van der Waals surface area contributed by atoms with E-state index in [1.165, 1.54) is 0 Å². The Morgan fingerprint density at radius 1 is 1.27 bits per heavy atom. The van der Waals surface area contributed by atoms with Crippen molar-refractivity contribution in [2.75, 3.05) is 7.05 Å². The van der Waals surface area contributed by atoms with Gasteiger partial charge in [-0.1, -0.05) is 0 Å². The number of likely N-dealkylation sites (N-methyl/N-ethyl adjacent to an activating group) is 1. The summed E-state index contributed by atoms with van der Waals surface area (Å²) in [5, 5.41) is 6.12. The molecule has 0 radical (unpaired) electrons. The molecule has 1 fully saturated rings. The predicted octanol–water partition coefficient (Wildman–Crippen LogP) is 1.65. The molecule has 4 heteroatoms. The first-order valence-corrected chi connectivity index (χ1v) is 5.59. The van der Waals surface area contributed by atoms with Gasteiger partial charge in [-0.15, -0.1) is 0 Å². The molecule has 15 heavy (non-hydrogen) atoms. The van der Waals surface area contributed by atoms with Crippen molar-refractivity contribution in [2.45, 2.75) is 57.7 Å². The lowest BCUT2D eigenvalue weighted by atomic mass is 10.2. The first kappa shape index (κ1) is 12.3. The summed E-state index contributed by atoms with van der Waals surface area (Å²) in [6.45, 7) is 5.62. The van der Waals surface area contributed by atoms with Crippen LogP contribution >= 0.6 is 0 Å². The number of nitrogens with one attached hydrogen (secondary N) is 2. The largest absolute Gasteiger partial charge is 0.444 e. The number of amides is 1. The van der Waals surface area contributed by atoms with E-state index in [9.17, 15) is 4.79 Å². The fourth-order valence-corrected chi connectivity index (χ4v) is 1.94. The van der Waals surface area contributed by atoms with Gasteiger partial charge in [0.15, 0.2) is 0 Å². The molecule has 0 aromatic heterocycles. The Labute approximate surface area is 91.8 Å². The third-order valence-electron chi connectivity index (χ3n) is 2.59. The molecule has 0 spiro atoms. The summed E-state index contributed by atoms with van der Waals surface area (Å²) < 4.78 is 5.21. The summed E-state index contributed by atoms with van der Waals surface area (Å²) in [6, 6.07) is 0.599. The number of carbonyl (C=O) groups is 1. The van der Waals surface area contributed by atoms with E-state index in [2.05, 4.69) is 10.6 Å². The average Bonchev–Trinajstić information content (AvgIpc) is 2.48. The zero-order chi connectivity index (χ0) is 11.5. The molecule has 0 bridgehead atoms. The fraction of sp³-hybridized carbons (Fsp3) is 0.909. The first-order valence-electron chi connectivity index (χ1n) is 5.59. The number of carbonyl (C=O) groups excluding carboxylic acids is 1. The van der Waals surface area contributed by atoms with Gasteiger partial charge < -0.3 is 15.4 Å². The Morgan fingerprint density at radius 2 is 1.87 bits per heavy atom. The van der Waals surface area contributed by atoms with Crippen LogP contribution in [0.1, 0.15) is 40.0 Å². The van der Waals surface area contributed by atoms with E-state index < -0.39 is 5.60 Å². The second kappa shape index (κ2) is 4.84. The van der Waals surface area contributed by atoms with Crippen molar-refractivity contribution < 1.29 is 9.53 Å². The van der Waals surface area contributed by atoms with Gasteiger partial charge in [-0.05, 0) is 47.1 Å². The molecule has 4 nitrogen and oxygen atoms in total. The van der Waals surface area contributed by atoms with Crippen LogP contribution in [-0.4, -0.2) is 30.8 Å². The molecule has 0 aromatic rings. The lowest BCUT2D eigenvalue weighted by Crippen LogP contribution is -2.47. The van der Waals surface area contributed by atoms with E-state index in [-0.39, 0.29) is 12.1 Å². The maximum absolute atomic E-state index is 11.5. The van der Waals surface area contributed by atoms with Crippen LogP contribution in [0.25, 0.3) is 0 Å². The zero-order valence-corrected chi connectivity index (χ0v) is 10.1. The van der Waals surface area contributed by atoms with Crippen molar-refractivity contribution >= 4 is 6.09 Å². The Balaban J connectivity index is 2.37. The molecule has 0 aromatic carbocycles. The number of hydrogen-bond acceptors (Lipinski definition) is 3. The van der Waals surface area contributed by atoms with Gasteiger partial charge in [0.25, 0.3) is 0 Å². The second-order valence-electron chi connectivity index (χ2n) is 5.08. The van der Waals surface area contributed by atoms with Crippen LogP contribution in [0.15, 0.2) is 0 Å². The summed E-state index contributed by atoms with van der Waals surface area (Å²) in [4.78, 5) is 11.5. The molecule has 1 aliphatic rings. The first-order chi connectivity index (χ1) is 6.92. The highest BCUT2D eigenvalue weighted by Gasteiger charge is 2.28. The van der Waals surface area contributed by atoms with Gasteiger partial charge >= 0.3 is 6.09 Å². The molecule has 1 amide bonds. The average molecular weight is 214 g/mol. The summed E-state index contributed by atoms with van der Waals surface area (Å²) >= 11 is 0. The van der Waals surface area contributed by atoms with Crippen LogP contribution in [0.2, 0.25) is 0 Å². The molecule has 2 N–H and O–H groups in total. The zero-order valence-electron chi connectivity index (χ0n) is 10.1. The minimum absolute atomic E-state index is 0.213. The van der Waals surface area contributed by atoms with Crippen LogP contribution in [0, 0.1) is 0 Å². The van der Waals surface area contributed by atoms with Gasteiger partial charge in [-0.3, -0.25) is 0 Å². The summed E-state index contributed by atoms with van der Waals surface area (Å²) in [5.41, 5.74) is -0.419. The second-order valence-corrected chi connectivity index (χ2v) is 5.08. The molecule has 0 aliphatic heterocycles. The molecular formula is C11H22N2O2. The maximum atomic E-state index is 11.5. The van der Waals surface area contributed by atoms with Gasteiger partial charge in [0.2, 0.25) is 0 Å².